The topological polar surface area (TPSA) is 52.3 Å². The van der Waals surface area contributed by atoms with Gasteiger partial charge >= 0.3 is 5.97 Å². The number of ether oxygens (including phenoxy) is 1. The van der Waals surface area contributed by atoms with E-state index < -0.39 is 0 Å². The van der Waals surface area contributed by atoms with Gasteiger partial charge in [0.1, 0.15) is 0 Å². The van der Waals surface area contributed by atoms with Gasteiger partial charge in [-0.2, -0.15) is 0 Å². The Morgan fingerprint density at radius 2 is 2.18 bits per heavy atom. The quantitative estimate of drug-likeness (QED) is 0.839. The third kappa shape index (κ3) is 4.54. The van der Waals surface area contributed by atoms with Crippen molar-refractivity contribution in [2.45, 2.75) is 25.3 Å². The van der Waals surface area contributed by atoms with Crippen molar-refractivity contribution in [3.8, 4) is 0 Å². The summed E-state index contributed by atoms with van der Waals surface area (Å²) in [5.41, 5.74) is 6.81. The molecule has 1 aromatic carbocycles. The first-order chi connectivity index (χ1) is 8.04. The molecule has 94 valence electrons. The summed E-state index contributed by atoms with van der Waals surface area (Å²) in [6, 6.07) is 4.98. The first kappa shape index (κ1) is 14.3. The summed E-state index contributed by atoms with van der Waals surface area (Å²) < 4.78 is 4.55. The second kappa shape index (κ2) is 6.84. The lowest BCUT2D eigenvalue weighted by Gasteiger charge is -2.13. The molecule has 5 heteroatoms. The summed E-state index contributed by atoms with van der Waals surface area (Å²) in [6.45, 7) is 0. The van der Waals surface area contributed by atoms with Crippen LogP contribution in [-0.2, 0) is 9.53 Å². The molecule has 1 aromatic rings. The van der Waals surface area contributed by atoms with Crippen molar-refractivity contribution in [1.82, 2.24) is 0 Å². The molecule has 0 aliphatic rings. The maximum atomic E-state index is 10.9. The summed E-state index contributed by atoms with van der Waals surface area (Å²) in [7, 11) is 1.37. The maximum Gasteiger partial charge on any atom is 0.305 e. The van der Waals surface area contributed by atoms with E-state index in [-0.39, 0.29) is 12.0 Å². The van der Waals surface area contributed by atoms with Crippen LogP contribution in [0.15, 0.2) is 18.2 Å². The first-order valence-corrected chi connectivity index (χ1v) is 6.07. The number of halogens is 2. The molecular formula is C12H15Cl2NO2. The van der Waals surface area contributed by atoms with Crippen LogP contribution in [-0.4, -0.2) is 13.1 Å². The predicted octanol–water partition coefficient (Wildman–Crippen LogP) is 3.34. The molecule has 0 fully saturated rings. The van der Waals surface area contributed by atoms with Gasteiger partial charge in [-0.05, 0) is 36.6 Å². The Balaban J connectivity index is 2.54. The molecule has 0 aliphatic carbocycles. The molecule has 1 unspecified atom stereocenters. The van der Waals surface area contributed by atoms with E-state index in [4.69, 9.17) is 28.9 Å². The number of esters is 1. The zero-order valence-corrected chi connectivity index (χ0v) is 11.1. The summed E-state index contributed by atoms with van der Waals surface area (Å²) in [5, 5.41) is 1.20. The highest BCUT2D eigenvalue weighted by molar-refractivity contribution is 6.33. The third-order valence-electron chi connectivity index (χ3n) is 2.48. The molecule has 0 saturated heterocycles. The van der Waals surface area contributed by atoms with Crippen molar-refractivity contribution < 1.29 is 9.53 Å². The Hall–Kier alpha value is -0.770. The van der Waals surface area contributed by atoms with Gasteiger partial charge < -0.3 is 10.5 Å². The van der Waals surface area contributed by atoms with Gasteiger partial charge in [0.15, 0.2) is 0 Å². The number of carbonyl (C=O) groups is 1. The Bertz CT molecular complexity index is 396. The molecule has 0 heterocycles. The monoisotopic (exact) mass is 275 g/mol. The van der Waals surface area contributed by atoms with Crippen molar-refractivity contribution in [3.05, 3.63) is 33.8 Å². The second-order valence-electron chi connectivity index (χ2n) is 3.74. The standard InChI is InChI=1S/C12H15Cl2NO2/c1-17-12(16)4-2-3-11(15)9-7-8(13)5-6-10(9)14/h5-7,11H,2-4,15H2,1H3. The molecule has 0 bridgehead atoms. The van der Waals surface area contributed by atoms with E-state index in [1.54, 1.807) is 18.2 Å². The molecule has 1 atom stereocenters. The zero-order valence-electron chi connectivity index (χ0n) is 9.58. The average molecular weight is 276 g/mol. The molecule has 0 saturated carbocycles. The van der Waals surface area contributed by atoms with Crippen molar-refractivity contribution in [3.63, 3.8) is 0 Å². The van der Waals surface area contributed by atoms with Gasteiger partial charge in [-0.25, -0.2) is 0 Å². The summed E-state index contributed by atoms with van der Waals surface area (Å²) in [4.78, 5) is 10.9. The van der Waals surface area contributed by atoms with Gasteiger partial charge in [0, 0.05) is 22.5 Å². The smallest absolute Gasteiger partial charge is 0.305 e. The van der Waals surface area contributed by atoms with Crippen LogP contribution in [0, 0.1) is 0 Å². The van der Waals surface area contributed by atoms with Crippen LogP contribution in [0.4, 0.5) is 0 Å². The lowest BCUT2D eigenvalue weighted by atomic mass is 10.0. The fourth-order valence-electron chi connectivity index (χ4n) is 1.52. The van der Waals surface area contributed by atoms with Gasteiger partial charge in [-0.15, -0.1) is 0 Å². The molecule has 0 spiro atoms. The summed E-state index contributed by atoms with van der Waals surface area (Å²) >= 11 is 11.9. The summed E-state index contributed by atoms with van der Waals surface area (Å²) in [6.07, 6.45) is 1.69. The van der Waals surface area contributed by atoms with Crippen molar-refractivity contribution >= 4 is 29.2 Å². The fraction of sp³-hybridized carbons (Fsp3) is 0.417. The van der Waals surface area contributed by atoms with Crippen LogP contribution < -0.4 is 5.73 Å². The van der Waals surface area contributed by atoms with E-state index in [1.807, 2.05) is 0 Å². The van der Waals surface area contributed by atoms with Crippen LogP contribution >= 0.6 is 23.2 Å². The van der Waals surface area contributed by atoms with E-state index in [9.17, 15) is 4.79 Å². The van der Waals surface area contributed by atoms with E-state index in [0.29, 0.717) is 29.3 Å². The van der Waals surface area contributed by atoms with E-state index in [0.717, 1.165) is 5.56 Å². The lowest BCUT2D eigenvalue weighted by Crippen LogP contribution is -2.12. The van der Waals surface area contributed by atoms with Crippen molar-refractivity contribution in [2.75, 3.05) is 7.11 Å². The first-order valence-electron chi connectivity index (χ1n) is 5.32. The average Bonchev–Trinajstić information content (AvgIpc) is 2.31. The molecule has 0 aliphatic heterocycles. The van der Waals surface area contributed by atoms with Crippen LogP contribution in [0.2, 0.25) is 10.0 Å². The van der Waals surface area contributed by atoms with E-state index in [2.05, 4.69) is 4.74 Å². The van der Waals surface area contributed by atoms with E-state index >= 15 is 0 Å². The minimum atomic E-state index is -0.227. The third-order valence-corrected chi connectivity index (χ3v) is 3.06. The number of hydrogen-bond donors (Lipinski definition) is 1. The van der Waals surface area contributed by atoms with Gasteiger partial charge in [-0.1, -0.05) is 23.2 Å². The molecular weight excluding hydrogens is 261 g/mol. The largest absolute Gasteiger partial charge is 0.469 e. The number of hydrogen-bond acceptors (Lipinski definition) is 3. The SMILES string of the molecule is COC(=O)CCCC(N)c1cc(Cl)ccc1Cl. The number of rotatable bonds is 5. The van der Waals surface area contributed by atoms with Crippen LogP contribution in [0.5, 0.6) is 0 Å². The van der Waals surface area contributed by atoms with Crippen molar-refractivity contribution in [2.24, 2.45) is 5.73 Å². The predicted molar refractivity (Wildman–Crippen MR) is 69.3 cm³/mol. The van der Waals surface area contributed by atoms with Crippen LogP contribution in [0.3, 0.4) is 0 Å². The number of carbonyl (C=O) groups excluding carboxylic acids is 1. The van der Waals surface area contributed by atoms with Crippen LogP contribution in [0.1, 0.15) is 30.9 Å². The lowest BCUT2D eigenvalue weighted by molar-refractivity contribution is -0.140. The molecule has 1 rings (SSSR count). The minimum Gasteiger partial charge on any atom is -0.469 e. The molecule has 0 radical (unpaired) electrons. The number of nitrogens with two attached hydrogens (primary N) is 1. The number of benzene rings is 1. The second-order valence-corrected chi connectivity index (χ2v) is 4.58. The zero-order chi connectivity index (χ0) is 12.8. The Morgan fingerprint density at radius 3 is 2.82 bits per heavy atom. The normalized spacial score (nSPS) is 12.2. The fourth-order valence-corrected chi connectivity index (χ4v) is 1.96. The van der Waals surface area contributed by atoms with Gasteiger partial charge in [0.25, 0.3) is 0 Å². The molecule has 0 amide bonds. The highest BCUT2D eigenvalue weighted by Gasteiger charge is 2.11. The molecule has 0 aromatic heterocycles. The Labute approximate surface area is 111 Å². The van der Waals surface area contributed by atoms with Crippen LogP contribution in [0.25, 0.3) is 0 Å². The highest BCUT2D eigenvalue weighted by atomic mass is 35.5. The molecule has 3 nitrogen and oxygen atoms in total. The Kier molecular flexibility index (Phi) is 5.75. The number of methoxy groups -OCH3 is 1. The maximum absolute atomic E-state index is 10.9. The van der Waals surface area contributed by atoms with Gasteiger partial charge in [0.05, 0.1) is 7.11 Å². The molecule has 2 N–H and O–H groups in total. The molecule has 17 heavy (non-hydrogen) atoms. The summed E-state index contributed by atoms with van der Waals surface area (Å²) in [5.74, 6) is -0.227. The van der Waals surface area contributed by atoms with Crippen molar-refractivity contribution in [1.29, 1.82) is 0 Å². The van der Waals surface area contributed by atoms with Gasteiger partial charge in [-0.3, -0.25) is 4.79 Å². The van der Waals surface area contributed by atoms with E-state index in [1.165, 1.54) is 7.11 Å². The van der Waals surface area contributed by atoms with Gasteiger partial charge in [0.2, 0.25) is 0 Å². The Morgan fingerprint density at radius 1 is 1.47 bits per heavy atom. The highest BCUT2D eigenvalue weighted by Crippen LogP contribution is 2.27. The minimum absolute atomic E-state index is 0.217.